The van der Waals surface area contributed by atoms with Gasteiger partial charge in [-0.1, -0.05) is 0 Å². The standard InChI is InChI=1S/C12H18N2O2/c1-8-6-10(14(5)12(15)16)7-9(2)11(8)13(3)4/h6-7H,1-5H3,(H,15,16). The van der Waals surface area contributed by atoms with Gasteiger partial charge in [-0.15, -0.1) is 0 Å². The first kappa shape index (κ1) is 12.4. The Morgan fingerprint density at radius 2 is 1.56 bits per heavy atom. The van der Waals surface area contributed by atoms with Crippen molar-refractivity contribution in [1.82, 2.24) is 0 Å². The van der Waals surface area contributed by atoms with Gasteiger partial charge in [0.15, 0.2) is 0 Å². The van der Waals surface area contributed by atoms with Crippen LogP contribution in [0.5, 0.6) is 0 Å². The van der Waals surface area contributed by atoms with E-state index in [1.165, 1.54) is 4.90 Å². The summed E-state index contributed by atoms with van der Waals surface area (Å²) in [4.78, 5) is 14.1. The molecule has 88 valence electrons. The Morgan fingerprint density at radius 1 is 1.12 bits per heavy atom. The van der Waals surface area contributed by atoms with Gasteiger partial charge in [0.25, 0.3) is 0 Å². The summed E-state index contributed by atoms with van der Waals surface area (Å²) in [7, 11) is 5.51. The molecule has 0 atom stereocenters. The van der Waals surface area contributed by atoms with Crippen molar-refractivity contribution in [2.24, 2.45) is 0 Å². The van der Waals surface area contributed by atoms with Crippen LogP contribution in [0.3, 0.4) is 0 Å². The minimum Gasteiger partial charge on any atom is -0.465 e. The molecule has 0 saturated carbocycles. The van der Waals surface area contributed by atoms with Gasteiger partial charge in [0.2, 0.25) is 0 Å². The quantitative estimate of drug-likeness (QED) is 0.836. The van der Waals surface area contributed by atoms with Crippen molar-refractivity contribution in [3.63, 3.8) is 0 Å². The van der Waals surface area contributed by atoms with Crippen molar-refractivity contribution in [2.75, 3.05) is 30.9 Å². The normalized spacial score (nSPS) is 10.1. The number of carbonyl (C=O) groups is 1. The van der Waals surface area contributed by atoms with Crippen LogP contribution in [0.1, 0.15) is 11.1 Å². The summed E-state index contributed by atoms with van der Waals surface area (Å²) in [6, 6.07) is 3.77. The Labute approximate surface area is 96.1 Å². The van der Waals surface area contributed by atoms with Gasteiger partial charge >= 0.3 is 6.09 Å². The van der Waals surface area contributed by atoms with Crippen molar-refractivity contribution >= 4 is 17.5 Å². The van der Waals surface area contributed by atoms with Crippen molar-refractivity contribution in [1.29, 1.82) is 0 Å². The first-order valence-corrected chi connectivity index (χ1v) is 5.09. The highest BCUT2D eigenvalue weighted by Gasteiger charge is 2.12. The number of aryl methyl sites for hydroxylation is 2. The van der Waals surface area contributed by atoms with Crippen LogP contribution in [0.15, 0.2) is 12.1 Å². The average molecular weight is 222 g/mol. The van der Waals surface area contributed by atoms with E-state index in [0.29, 0.717) is 5.69 Å². The molecule has 0 bridgehead atoms. The molecule has 0 radical (unpaired) electrons. The van der Waals surface area contributed by atoms with Gasteiger partial charge in [-0.25, -0.2) is 4.79 Å². The summed E-state index contributed by atoms with van der Waals surface area (Å²) in [5.41, 5.74) is 4.00. The van der Waals surface area contributed by atoms with Crippen molar-refractivity contribution < 1.29 is 9.90 Å². The summed E-state index contributed by atoms with van der Waals surface area (Å²) < 4.78 is 0. The highest BCUT2D eigenvalue weighted by atomic mass is 16.4. The van der Waals surface area contributed by atoms with E-state index in [4.69, 9.17) is 5.11 Å². The fourth-order valence-corrected chi connectivity index (χ4v) is 1.94. The molecule has 0 aliphatic heterocycles. The molecule has 16 heavy (non-hydrogen) atoms. The van der Waals surface area contributed by atoms with Crippen LogP contribution in [-0.2, 0) is 0 Å². The monoisotopic (exact) mass is 222 g/mol. The number of amides is 1. The fraction of sp³-hybridized carbons (Fsp3) is 0.417. The van der Waals surface area contributed by atoms with E-state index in [-0.39, 0.29) is 0 Å². The van der Waals surface area contributed by atoms with Gasteiger partial charge in [-0.3, -0.25) is 4.90 Å². The van der Waals surface area contributed by atoms with E-state index in [1.807, 2.05) is 45.0 Å². The highest BCUT2D eigenvalue weighted by Crippen LogP contribution is 2.28. The zero-order valence-electron chi connectivity index (χ0n) is 10.4. The van der Waals surface area contributed by atoms with Gasteiger partial charge in [0.1, 0.15) is 0 Å². The molecule has 0 unspecified atom stereocenters. The molecular weight excluding hydrogens is 204 g/mol. The molecule has 1 rings (SSSR count). The van der Waals surface area contributed by atoms with E-state index in [2.05, 4.69) is 0 Å². The van der Waals surface area contributed by atoms with E-state index in [1.54, 1.807) is 7.05 Å². The highest BCUT2D eigenvalue weighted by molar-refractivity contribution is 5.86. The zero-order valence-corrected chi connectivity index (χ0v) is 10.4. The fourth-order valence-electron chi connectivity index (χ4n) is 1.94. The first-order chi connectivity index (χ1) is 7.34. The Bertz CT molecular complexity index is 390. The molecule has 0 fully saturated rings. The van der Waals surface area contributed by atoms with E-state index < -0.39 is 6.09 Å². The lowest BCUT2D eigenvalue weighted by Crippen LogP contribution is -2.24. The van der Waals surface area contributed by atoms with Crippen LogP contribution < -0.4 is 9.80 Å². The average Bonchev–Trinajstić information content (AvgIpc) is 2.14. The van der Waals surface area contributed by atoms with Crippen molar-refractivity contribution in [3.05, 3.63) is 23.3 Å². The number of carboxylic acid groups (broad SMARTS) is 1. The topological polar surface area (TPSA) is 43.8 Å². The number of hydrogen-bond acceptors (Lipinski definition) is 2. The minimum absolute atomic E-state index is 0.702. The third kappa shape index (κ3) is 2.27. The summed E-state index contributed by atoms with van der Waals surface area (Å²) in [5, 5.41) is 8.91. The predicted octanol–water partition coefficient (Wildman–Crippen LogP) is 2.48. The van der Waals surface area contributed by atoms with Crippen LogP contribution in [0.2, 0.25) is 0 Å². The molecule has 0 aromatic heterocycles. The first-order valence-electron chi connectivity index (χ1n) is 5.09. The molecule has 1 amide bonds. The van der Waals surface area contributed by atoms with E-state index in [9.17, 15) is 4.79 Å². The van der Waals surface area contributed by atoms with Gasteiger partial charge in [-0.2, -0.15) is 0 Å². The number of rotatable bonds is 2. The van der Waals surface area contributed by atoms with E-state index >= 15 is 0 Å². The lowest BCUT2D eigenvalue weighted by molar-refractivity contribution is 0.203. The van der Waals surface area contributed by atoms with Crippen molar-refractivity contribution in [2.45, 2.75) is 13.8 Å². The summed E-state index contributed by atoms with van der Waals surface area (Å²) in [5.74, 6) is 0. The second-order valence-electron chi connectivity index (χ2n) is 4.16. The summed E-state index contributed by atoms with van der Waals surface area (Å²) in [6.45, 7) is 3.98. The molecular formula is C12H18N2O2. The number of hydrogen-bond donors (Lipinski definition) is 1. The van der Waals surface area contributed by atoms with Gasteiger partial charge in [0, 0.05) is 32.5 Å². The zero-order chi connectivity index (χ0) is 12.5. The Kier molecular flexibility index (Phi) is 3.42. The molecule has 0 saturated heterocycles. The van der Waals surface area contributed by atoms with Crippen molar-refractivity contribution in [3.8, 4) is 0 Å². The largest absolute Gasteiger partial charge is 0.465 e. The second kappa shape index (κ2) is 4.43. The Morgan fingerprint density at radius 3 is 1.88 bits per heavy atom. The molecule has 1 N–H and O–H groups in total. The van der Waals surface area contributed by atoms with E-state index in [0.717, 1.165) is 16.8 Å². The summed E-state index contributed by atoms with van der Waals surface area (Å²) >= 11 is 0. The molecule has 0 spiro atoms. The maximum atomic E-state index is 10.9. The van der Waals surface area contributed by atoms with Gasteiger partial charge < -0.3 is 10.0 Å². The number of anilines is 2. The molecule has 0 heterocycles. The van der Waals surface area contributed by atoms with Gasteiger partial charge in [0.05, 0.1) is 0 Å². The van der Waals surface area contributed by atoms with Crippen LogP contribution in [0, 0.1) is 13.8 Å². The molecule has 1 aromatic carbocycles. The molecule has 1 aromatic rings. The smallest absolute Gasteiger partial charge is 0.411 e. The van der Waals surface area contributed by atoms with Crippen LogP contribution >= 0.6 is 0 Å². The lowest BCUT2D eigenvalue weighted by atomic mass is 10.1. The van der Waals surface area contributed by atoms with Crippen LogP contribution in [-0.4, -0.2) is 32.3 Å². The predicted molar refractivity (Wildman–Crippen MR) is 66.7 cm³/mol. The molecule has 0 aliphatic carbocycles. The second-order valence-corrected chi connectivity index (χ2v) is 4.16. The SMILES string of the molecule is Cc1cc(N(C)C(=O)O)cc(C)c1N(C)C. The summed E-state index contributed by atoms with van der Waals surface area (Å²) in [6.07, 6.45) is -0.948. The number of benzene rings is 1. The lowest BCUT2D eigenvalue weighted by Gasteiger charge is -2.22. The molecule has 4 nitrogen and oxygen atoms in total. The molecule has 4 heteroatoms. The Balaban J connectivity index is 3.24. The minimum atomic E-state index is -0.948. The number of nitrogens with zero attached hydrogens (tertiary/aromatic N) is 2. The maximum absolute atomic E-state index is 10.9. The Hall–Kier alpha value is -1.71. The van der Waals surface area contributed by atoms with Gasteiger partial charge in [-0.05, 0) is 37.1 Å². The third-order valence-electron chi connectivity index (χ3n) is 2.60. The third-order valence-corrected chi connectivity index (χ3v) is 2.60. The molecule has 0 aliphatic rings. The maximum Gasteiger partial charge on any atom is 0.411 e. The van der Waals surface area contributed by atoms with Crippen LogP contribution in [0.4, 0.5) is 16.2 Å². The van der Waals surface area contributed by atoms with Crippen LogP contribution in [0.25, 0.3) is 0 Å².